The molecular weight excluding hydrogens is 448 g/mol. The second-order valence-corrected chi connectivity index (χ2v) is 6.64. The minimum Gasteiger partial charge on any atom is -0.496 e. The third kappa shape index (κ3) is 3.96. The van der Waals surface area contributed by atoms with Crippen molar-refractivity contribution in [1.29, 1.82) is 0 Å². The first-order valence-corrected chi connectivity index (χ1v) is 8.45. The smallest absolute Gasteiger partial charge is 0.124 e. The lowest BCUT2D eigenvalue weighted by atomic mass is 9.97. The topological polar surface area (TPSA) is 21.3 Å². The molecule has 0 aliphatic heterocycles. The van der Waals surface area contributed by atoms with Gasteiger partial charge in [-0.1, -0.05) is 22.9 Å². The first kappa shape index (κ1) is 16.7. The zero-order valence-electron chi connectivity index (χ0n) is 11.8. The van der Waals surface area contributed by atoms with Crippen LogP contribution in [0.3, 0.4) is 0 Å². The third-order valence-electron chi connectivity index (χ3n) is 3.18. The number of ether oxygens (including phenoxy) is 1. The van der Waals surface area contributed by atoms with Gasteiger partial charge in [0.2, 0.25) is 0 Å². The van der Waals surface area contributed by atoms with Gasteiger partial charge in [0.05, 0.1) is 13.2 Å². The van der Waals surface area contributed by atoms with Crippen molar-refractivity contribution >= 4 is 38.5 Å². The molecule has 2 nitrogen and oxygen atoms in total. The van der Waals surface area contributed by atoms with Gasteiger partial charge in [0.1, 0.15) is 11.6 Å². The number of hydrogen-bond donors (Lipinski definition) is 1. The number of methoxy groups -OCH3 is 1. The van der Waals surface area contributed by atoms with Gasteiger partial charge >= 0.3 is 0 Å². The normalized spacial score (nSPS) is 12.2. The predicted molar refractivity (Wildman–Crippen MR) is 95.3 cm³/mol. The van der Waals surface area contributed by atoms with Gasteiger partial charge in [-0.2, -0.15) is 0 Å². The largest absolute Gasteiger partial charge is 0.496 e. The van der Waals surface area contributed by atoms with Crippen LogP contribution in [-0.2, 0) is 0 Å². The molecule has 0 aliphatic carbocycles. The minimum atomic E-state index is -0.268. The van der Waals surface area contributed by atoms with E-state index in [0.29, 0.717) is 5.75 Å². The van der Waals surface area contributed by atoms with Gasteiger partial charge in [0.15, 0.2) is 0 Å². The number of benzene rings is 2. The summed E-state index contributed by atoms with van der Waals surface area (Å²) in [6.07, 6.45) is 0. The molecule has 2 rings (SSSR count). The number of rotatable bonds is 5. The van der Waals surface area contributed by atoms with Crippen LogP contribution in [0.25, 0.3) is 0 Å². The van der Waals surface area contributed by atoms with Crippen LogP contribution in [0.4, 0.5) is 4.39 Å². The van der Waals surface area contributed by atoms with Crippen molar-refractivity contribution in [2.75, 3.05) is 13.7 Å². The summed E-state index contributed by atoms with van der Waals surface area (Å²) < 4.78 is 21.2. The molecule has 0 fully saturated rings. The molecule has 2 aromatic rings. The Bertz CT molecular complexity index is 636. The van der Waals surface area contributed by atoms with Crippen molar-refractivity contribution < 1.29 is 9.13 Å². The molecule has 1 unspecified atom stereocenters. The molecule has 0 heterocycles. The fraction of sp³-hybridized carbons (Fsp3) is 0.250. The molecule has 112 valence electrons. The van der Waals surface area contributed by atoms with Crippen molar-refractivity contribution in [3.8, 4) is 5.75 Å². The van der Waals surface area contributed by atoms with E-state index < -0.39 is 0 Å². The van der Waals surface area contributed by atoms with E-state index in [-0.39, 0.29) is 11.9 Å². The second kappa shape index (κ2) is 7.56. The summed E-state index contributed by atoms with van der Waals surface area (Å²) in [6, 6.07) is 10.6. The van der Waals surface area contributed by atoms with E-state index in [0.717, 1.165) is 25.7 Å². The molecule has 0 aromatic heterocycles. The molecule has 0 spiro atoms. The SMILES string of the molecule is CCNC(c1cc(I)ccc1Br)c1cc(F)ccc1OC. The van der Waals surface area contributed by atoms with Crippen molar-refractivity contribution in [2.24, 2.45) is 0 Å². The standard InChI is InChI=1S/C16H16BrFINO/c1-3-20-16(12-9-11(19)5-6-14(12)17)13-8-10(18)4-7-15(13)21-2/h4-9,16,20H,3H2,1-2H3. The molecule has 0 bridgehead atoms. The first-order valence-electron chi connectivity index (χ1n) is 6.58. The van der Waals surface area contributed by atoms with Gasteiger partial charge < -0.3 is 10.1 Å². The molecule has 1 N–H and O–H groups in total. The summed E-state index contributed by atoms with van der Waals surface area (Å²) >= 11 is 5.86. The molecular formula is C16H16BrFINO. The zero-order chi connectivity index (χ0) is 15.4. The lowest BCUT2D eigenvalue weighted by Gasteiger charge is -2.22. The van der Waals surface area contributed by atoms with Crippen LogP contribution < -0.4 is 10.1 Å². The fourth-order valence-electron chi connectivity index (χ4n) is 2.26. The average molecular weight is 464 g/mol. The van der Waals surface area contributed by atoms with Crippen LogP contribution in [0.15, 0.2) is 40.9 Å². The van der Waals surface area contributed by atoms with Crippen molar-refractivity contribution in [2.45, 2.75) is 13.0 Å². The van der Waals surface area contributed by atoms with Crippen LogP contribution in [-0.4, -0.2) is 13.7 Å². The first-order chi connectivity index (χ1) is 10.1. The Kier molecular flexibility index (Phi) is 6.01. The van der Waals surface area contributed by atoms with E-state index in [1.165, 1.54) is 12.1 Å². The van der Waals surface area contributed by atoms with Crippen molar-refractivity contribution in [3.63, 3.8) is 0 Å². The van der Waals surface area contributed by atoms with Gasteiger partial charge in [-0.15, -0.1) is 0 Å². The maximum atomic E-state index is 13.7. The van der Waals surface area contributed by atoms with Crippen LogP contribution in [0.1, 0.15) is 24.1 Å². The summed E-state index contributed by atoms with van der Waals surface area (Å²) in [5, 5.41) is 3.41. The zero-order valence-corrected chi connectivity index (χ0v) is 15.5. The Balaban J connectivity index is 2.58. The maximum Gasteiger partial charge on any atom is 0.124 e. The molecule has 0 radical (unpaired) electrons. The molecule has 0 saturated heterocycles. The number of nitrogens with one attached hydrogen (secondary N) is 1. The van der Waals surface area contributed by atoms with Crippen LogP contribution in [0, 0.1) is 9.39 Å². The lowest BCUT2D eigenvalue weighted by molar-refractivity contribution is 0.402. The summed E-state index contributed by atoms with van der Waals surface area (Å²) in [7, 11) is 1.60. The number of halogens is 3. The summed E-state index contributed by atoms with van der Waals surface area (Å²) in [6.45, 7) is 2.79. The molecule has 1 atom stereocenters. The fourth-order valence-corrected chi connectivity index (χ4v) is 3.25. The van der Waals surface area contributed by atoms with Gasteiger partial charge in [-0.25, -0.2) is 4.39 Å². The maximum absolute atomic E-state index is 13.7. The highest BCUT2D eigenvalue weighted by atomic mass is 127. The van der Waals surface area contributed by atoms with E-state index in [1.807, 2.05) is 19.1 Å². The average Bonchev–Trinajstić information content (AvgIpc) is 2.47. The van der Waals surface area contributed by atoms with Crippen molar-refractivity contribution in [1.82, 2.24) is 5.32 Å². The highest BCUT2D eigenvalue weighted by molar-refractivity contribution is 14.1. The van der Waals surface area contributed by atoms with Crippen LogP contribution >= 0.6 is 38.5 Å². The molecule has 0 saturated carbocycles. The van der Waals surface area contributed by atoms with Gasteiger partial charge in [0, 0.05) is 13.6 Å². The molecule has 0 amide bonds. The molecule has 21 heavy (non-hydrogen) atoms. The monoisotopic (exact) mass is 463 g/mol. The summed E-state index contributed by atoms with van der Waals surface area (Å²) in [5.41, 5.74) is 1.86. The molecule has 5 heteroatoms. The van der Waals surface area contributed by atoms with E-state index in [2.05, 4.69) is 49.9 Å². The highest BCUT2D eigenvalue weighted by Gasteiger charge is 2.20. The Morgan fingerprint density at radius 2 is 2.00 bits per heavy atom. The van der Waals surface area contributed by atoms with E-state index in [4.69, 9.17) is 4.74 Å². The van der Waals surface area contributed by atoms with Crippen LogP contribution in [0.2, 0.25) is 0 Å². The Morgan fingerprint density at radius 1 is 1.24 bits per heavy atom. The van der Waals surface area contributed by atoms with E-state index >= 15 is 0 Å². The van der Waals surface area contributed by atoms with Gasteiger partial charge in [-0.3, -0.25) is 0 Å². The Morgan fingerprint density at radius 3 is 2.67 bits per heavy atom. The second-order valence-electron chi connectivity index (χ2n) is 4.54. The Labute approximate surface area is 146 Å². The molecule has 2 aromatic carbocycles. The third-order valence-corrected chi connectivity index (χ3v) is 4.57. The Hall–Kier alpha value is -0.660. The summed E-state index contributed by atoms with van der Waals surface area (Å²) in [5.74, 6) is 0.406. The minimum absolute atomic E-state index is 0.134. The number of hydrogen-bond acceptors (Lipinski definition) is 2. The highest BCUT2D eigenvalue weighted by Crippen LogP contribution is 2.35. The van der Waals surface area contributed by atoms with E-state index in [1.54, 1.807) is 13.2 Å². The quantitative estimate of drug-likeness (QED) is 0.636. The predicted octanol–water partition coefficient (Wildman–Crippen LogP) is 4.90. The van der Waals surface area contributed by atoms with Crippen LogP contribution in [0.5, 0.6) is 5.75 Å². The van der Waals surface area contributed by atoms with Crippen molar-refractivity contribution in [3.05, 3.63) is 61.4 Å². The summed E-state index contributed by atoms with van der Waals surface area (Å²) in [4.78, 5) is 0. The van der Waals surface area contributed by atoms with Gasteiger partial charge in [0.25, 0.3) is 0 Å². The lowest BCUT2D eigenvalue weighted by Crippen LogP contribution is -2.23. The van der Waals surface area contributed by atoms with E-state index in [9.17, 15) is 4.39 Å². The van der Waals surface area contributed by atoms with Gasteiger partial charge in [-0.05, 0) is 71.1 Å². The molecule has 0 aliphatic rings.